The second-order valence-corrected chi connectivity index (χ2v) is 7.14. The molecule has 0 unspecified atom stereocenters. The third-order valence-corrected chi connectivity index (χ3v) is 5.00. The van der Waals surface area contributed by atoms with Crippen molar-refractivity contribution in [2.24, 2.45) is 0 Å². The largest absolute Gasteiger partial charge is 0.489 e. The molecule has 5 nitrogen and oxygen atoms in total. The third kappa shape index (κ3) is 5.08. The summed E-state index contributed by atoms with van der Waals surface area (Å²) < 4.78 is 5.95. The van der Waals surface area contributed by atoms with Crippen LogP contribution in [0.3, 0.4) is 0 Å². The van der Waals surface area contributed by atoms with E-state index in [4.69, 9.17) is 4.74 Å². The predicted molar refractivity (Wildman–Crippen MR) is 111 cm³/mol. The molecule has 1 N–H and O–H groups in total. The number of hydrogen-bond donors (Lipinski definition) is 1. The van der Waals surface area contributed by atoms with Crippen molar-refractivity contribution >= 4 is 5.95 Å². The van der Waals surface area contributed by atoms with Crippen molar-refractivity contribution in [3.8, 4) is 5.75 Å². The first-order valence-corrected chi connectivity index (χ1v) is 9.88. The van der Waals surface area contributed by atoms with Crippen LogP contribution in [0.25, 0.3) is 0 Å². The molecule has 1 aromatic heterocycles. The second kappa shape index (κ2) is 9.33. The van der Waals surface area contributed by atoms with Crippen LogP contribution in [0.4, 0.5) is 5.95 Å². The van der Waals surface area contributed by atoms with E-state index < -0.39 is 0 Å². The Kier molecular flexibility index (Phi) is 6.15. The number of anilines is 1. The predicted octanol–water partition coefficient (Wildman–Crippen LogP) is 3.81. The van der Waals surface area contributed by atoms with Gasteiger partial charge in [0.2, 0.25) is 5.95 Å². The average Bonchev–Trinajstić information content (AvgIpc) is 2.78. The van der Waals surface area contributed by atoms with Crippen LogP contribution in [0.1, 0.15) is 24.0 Å². The molecule has 2 aromatic carbocycles. The topological polar surface area (TPSA) is 50.3 Å². The lowest BCUT2D eigenvalue weighted by molar-refractivity contribution is 0.305. The summed E-state index contributed by atoms with van der Waals surface area (Å²) in [5, 5.41) is 3.69. The van der Waals surface area contributed by atoms with Gasteiger partial charge in [0.1, 0.15) is 12.4 Å². The summed E-state index contributed by atoms with van der Waals surface area (Å²) >= 11 is 0. The molecule has 28 heavy (non-hydrogen) atoms. The maximum Gasteiger partial charge on any atom is 0.225 e. The Labute approximate surface area is 166 Å². The number of nitrogens with one attached hydrogen (secondary N) is 1. The molecule has 144 valence electrons. The molecule has 5 heteroatoms. The lowest BCUT2D eigenvalue weighted by atomic mass is 10.1. The SMILES string of the molecule is c1ccc(COc2cccc(CN[C@H]3CCCN(c4ncccn4)C3)c2)cc1. The summed E-state index contributed by atoms with van der Waals surface area (Å²) in [6.07, 6.45) is 5.93. The second-order valence-electron chi connectivity index (χ2n) is 7.14. The van der Waals surface area contributed by atoms with E-state index in [9.17, 15) is 0 Å². The van der Waals surface area contributed by atoms with Crippen molar-refractivity contribution < 1.29 is 4.74 Å². The smallest absolute Gasteiger partial charge is 0.225 e. The van der Waals surface area contributed by atoms with Crippen LogP contribution in [-0.2, 0) is 13.2 Å². The van der Waals surface area contributed by atoms with Crippen LogP contribution in [0, 0.1) is 0 Å². The van der Waals surface area contributed by atoms with E-state index in [1.54, 1.807) is 12.4 Å². The van der Waals surface area contributed by atoms with Crippen LogP contribution < -0.4 is 15.0 Å². The maximum atomic E-state index is 5.95. The van der Waals surface area contributed by atoms with E-state index in [1.807, 2.05) is 30.3 Å². The zero-order valence-corrected chi connectivity index (χ0v) is 16.0. The minimum atomic E-state index is 0.437. The van der Waals surface area contributed by atoms with Crippen molar-refractivity contribution in [3.05, 3.63) is 84.2 Å². The number of rotatable bonds is 7. The Bertz CT molecular complexity index is 857. The first-order chi connectivity index (χ1) is 13.9. The van der Waals surface area contributed by atoms with Gasteiger partial charge in [0.05, 0.1) is 0 Å². The number of piperidine rings is 1. The van der Waals surface area contributed by atoms with Gasteiger partial charge in [-0.1, -0.05) is 42.5 Å². The Morgan fingerprint density at radius 3 is 2.64 bits per heavy atom. The first-order valence-electron chi connectivity index (χ1n) is 9.88. The molecular weight excluding hydrogens is 348 g/mol. The number of benzene rings is 2. The molecule has 0 aliphatic carbocycles. The molecular formula is C23H26N4O. The molecule has 1 fully saturated rings. The fourth-order valence-corrected chi connectivity index (χ4v) is 3.53. The summed E-state index contributed by atoms with van der Waals surface area (Å²) in [7, 11) is 0. The molecule has 0 saturated carbocycles. The maximum absolute atomic E-state index is 5.95. The van der Waals surface area contributed by atoms with E-state index in [0.717, 1.165) is 37.8 Å². The Morgan fingerprint density at radius 2 is 1.79 bits per heavy atom. The highest BCUT2D eigenvalue weighted by atomic mass is 16.5. The van der Waals surface area contributed by atoms with Crippen LogP contribution in [0.15, 0.2) is 73.1 Å². The van der Waals surface area contributed by atoms with Gasteiger partial charge >= 0.3 is 0 Å². The summed E-state index contributed by atoms with van der Waals surface area (Å²) in [6, 6.07) is 20.9. The molecule has 4 rings (SSSR count). The highest BCUT2D eigenvalue weighted by Crippen LogP contribution is 2.18. The van der Waals surface area contributed by atoms with Gasteiger partial charge in [-0.05, 0) is 42.2 Å². The number of aromatic nitrogens is 2. The fourth-order valence-electron chi connectivity index (χ4n) is 3.53. The van der Waals surface area contributed by atoms with Gasteiger partial charge in [0.25, 0.3) is 0 Å². The standard InChI is InChI=1S/C23H26N4O/c1-2-7-19(8-3-1)18-28-22-11-4-9-20(15-22)16-26-21-10-5-14-27(17-21)23-24-12-6-13-25-23/h1-4,6-9,11-13,15,21,26H,5,10,14,16-18H2/t21-/m0/s1. The van der Waals surface area contributed by atoms with E-state index in [-0.39, 0.29) is 0 Å². The number of ether oxygens (including phenoxy) is 1. The van der Waals surface area contributed by atoms with Gasteiger partial charge in [-0.15, -0.1) is 0 Å². The zero-order chi connectivity index (χ0) is 19.0. The average molecular weight is 374 g/mol. The summed E-state index contributed by atoms with van der Waals surface area (Å²) in [4.78, 5) is 11.0. The molecule has 1 aliphatic rings. The van der Waals surface area contributed by atoms with Gasteiger partial charge in [0, 0.05) is 38.1 Å². The Balaban J connectivity index is 1.29. The van der Waals surface area contributed by atoms with Crippen molar-refractivity contribution in [2.45, 2.75) is 32.0 Å². The molecule has 3 aromatic rings. The van der Waals surface area contributed by atoms with Crippen LogP contribution >= 0.6 is 0 Å². The van der Waals surface area contributed by atoms with E-state index in [2.05, 4.69) is 50.5 Å². The van der Waals surface area contributed by atoms with E-state index in [0.29, 0.717) is 12.6 Å². The quantitative estimate of drug-likeness (QED) is 0.681. The van der Waals surface area contributed by atoms with Crippen LogP contribution in [-0.4, -0.2) is 29.1 Å². The Hall–Kier alpha value is -2.92. The Morgan fingerprint density at radius 1 is 0.964 bits per heavy atom. The number of nitrogens with zero attached hydrogens (tertiary/aromatic N) is 3. The van der Waals surface area contributed by atoms with Crippen molar-refractivity contribution in [1.82, 2.24) is 15.3 Å². The highest BCUT2D eigenvalue weighted by molar-refractivity contribution is 5.31. The lowest BCUT2D eigenvalue weighted by Crippen LogP contribution is -2.46. The molecule has 1 aliphatic heterocycles. The molecule has 1 atom stereocenters. The molecule has 1 saturated heterocycles. The van der Waals surface area contributed by atoms with E-state index >= 15 is 0 Å². The molecule has 0 spiro atoms. The minimum Gasteiger partial charge on any atom is -0.489 e. The third-order valence-electron chi connectivity index (χ3n) is 5.00. The summed E-state index contributed by atoms with van der Waals surface area (Å²) in [5.74, 6) is 1.73. The molecule has 0 amide bonds. The van der Waals surface area contributed by atoms with Crippen molar-refractivity contribution in [3.63, 3.8) is 0 Å². The van der Waals surface area contributed by atoms with Gasteiger partial charge in [-0.2, -0.15) is 0 Å². The summed E-state index contributed by atoms with van der Waals surface area (Å²) in [6.45, 7) is 3.38. The van der Waals surface area contributed by atoms with Gasteiger partial charge in [0.15, 0.2) is 0 Å². The first kappa shape index (κ1) is 18.4. The highest BCUT2D eigenvalue weighted by Gasteiger charge is 2.21. The molecule has 2 heterocycles. The van der Waals surface area contributed by atoms with Gasteiger partial charge in [-0.25, -0.2) is 9.97 Å². The van der Waals surface area contributed by atoms with Crippen molar-refractivity contribution in [1.29, 1.82) is 0 Å². The number of hydrogen-bond acceptors (Lipinski definition) is 5. The molecule has 0 bridgehead atoms. The zero-order valence-electron chi connectivity index (χ0n) is 16.0. The normalized spacial score (nSPS) is 16.7. The minimum absolute atomic E-state index is 0.437. The lowest BCUT2D eigenvalue weighted by Gasteiger charge is -2.33. The van der Waals surface area contributed by atoms with Gasteiger partial charge in [-0.3, -0.25) is 0 Å². The van der Waals surface area contributed by atoms with E-state index in [1.165, 1.54) is 17.5 Å². The van der Waals surface area contributed by atoms with Crippen LogP contribution in [0.2, 0.25) is 0 Å². The van der Waals surface area contributed by atoms with Crippen LogP contribution in [0.5, 0.6) is 5.75 Å². The molecule has 0 radical (unpaired) electrons. The monoisotopic (exact) mass is 374 g/mol. The van der Waals surface area contributed by atoms with Crippen molar-refractivity contribution in [2.75, 3.05) is 18.0 Å². The summed E-state index contributed by atoms with van der Waals surface area (Å²) in [5.41, 5.74) is 2.41. The fraction of sp³-hybridized carbons (Fsp3) is 0.304. The van der Waals surface area contributed by atoms with Gasteiger partial charge < -0.3 is 15.0 Å².